The number of imide groups is 1. The summed E-state index contributed by atoms with van der Waals surface area (Å²) in [5.41, 5.74) is -0.664. The molecule has 0 aromatic heterocycles. The highest BCUT2D eigenvalue weighted by Gasteiger charge is 2.50. The monoisotopic (exact) mass is 311 g/mol. The Morgan fingerprint density at radius 1 is 1.27 bits per heavy atom. The van der Waals surface area contributed by atoms with E-state index >= 15 is 0 Å². The Labute approximate surface area is 127 Å². The van der Waals surface area contributed by atoms with Crippen molar-refractivity contribution >= 4 is 11.8 Å². The van der Waals surface area contributed by atoms with Gasteiger partial charge in [-0.05, 0) is 30.5 Å². The summed E-state index contributed by atoms with van der Waals surface area (Å²) in [5, 5.41) is 10.1. The molecular weight excluding hydrogens is 292 g/mol. The van der Waals surface area contributed by atoms with Gasteiger partial charge in [-0.15, -0.1) is 0 Å². The number of benzene rings is 1. The summed E-state index contributed by atoms with van der Waals surface area (Å²) in [5.74, 6) is -2.81. The molecule has 0 bridgehead atoms. The van der Waals surface area contributed by atoms with Gasteiger partial charge in [0.1, 0.15) is 0 Å². The molecule has 1 aliphatic heterocycles. The second-order valence-electron chi connectivity index (χ2n) is 6.25. The maximum absolute atomic E-state index is 13.2. The van der Waals surface area contributed by atoms with E-state index in [9.17, 15) is 23.5 Å². The van der Waals surface area contributed by atoms with Crippen LogP contribution in [0.25, 0.3) is 0 Å². The molecule has 4 nitrogen and oxygen atoms in total. The summed E-state index contributed by atoms with van der Waals surface area (Å²) in [4.78, 5) is 25.5. The van der Waals surface area contributed by atoms with E-state index in [2.05, 4.69) is 0 Å². The Morgan fingerprint density at radius 3 is 2.41 bits per heavy atom. The first-order valence-electron chi connectivity index (χ1n) is 7.14. The first-order chi connectivity index (χ1) is 10.2. The molecule has 22 heavy (non-hydrogen) atoms. The van der Waals surface area contributed by atoms with E-state index in [4.69, 9.17) is 0 Å². The lowest BCUT2D eigenvalue weighted by atomic mass is 9.78. The third kappa shape index (κ3) is 2.75. The van der Waals surface area contributed by atoms with Crippen molar-refractivity contribution < 1.29 is 23.5 Å². The Bertz CT molecular complexity index is 617. The largest absolute Gasteiger partial charge is 0.387 e. The zero-order valence-corrected chi connectivity index (χ0v) is 12.8. The van der Waals surface area contributed by atoms with Crippen molar-refractivity contribution in [3.63, 3.8) is 0 Å². The Hall–Kier alpha value is -1.82. The van der Waals surface area contributed by atoms with Crippen molar-refractivity contribution in [2.24, 2.45) is 11.3 Å². The van der Waals surface area contributed by atoms with Crippen LogP contribution in [0.3, 0.4) is 0 Å². The number of likely N-dealkylation sites (tertiary alicyclic amines) is 1. The van der Waals surface area contributed by atoms with E-state index in [1.54, 1.807) is 6.92 Å². The summed E-state index contributed by atoms with van der Waals surface area (Å²) >= 11 is 0. The minimum atomic E-state index is -1.25. The molecule has 1 aromatic rings. The molecule has 1 saturated heterocycles. The van der Waals surface area contributed by atoms with Crippen molar-refractivity contribution in [3.8, 4) is 0 Å². The quantitative estimate of drug-likeness (QED) is 0.869. The van der Waals surface area contributed by atoms with Gasteiger partial charge in [0.25, 0.3) is 0 Å². The highest BCUT2D eigenvalue weighted by Crippen LogP contribution is 2.39. The Kier molecular flexibility index (Phi) is 4.33. The van der Waals surface area contributed by atoms with E-state index in [0.29, 0.717) is 0 Å². The number of aliphatic hydroxyl groups is 1. The Balaban J connectivity index is 2.18. The van der Waals surface area contributed by atoms with Crippen LogP contribution in [0, 0.1) is 23.0 Å². The van der Waals surface area contributed by atoms with Gasteiger partial charge in [-0.2, -0.15) is 0 Å². The number of carbonyl (C=O) groups is 2. The number of β-amino-alcohol motifs (C(OH)–C–C–N with tert-alkyl or cyclic N) is 1. The predicted molar refractivity (Wildman–Crippen MR) is 75.6 cm³/mol. The van der Waals surface area contributed by atoms with Crippen molar-refractivity contribution in [2.45, 2.75) is 33.3 Å². The molecule has 2 amide bonds. The van der Waals surface area contributed by atoms with E-state index in [1.807, 2.05) is 13.8 Å². The zero-order chi connectivity index (χ0) is 16.7. The fourth-order valence-corrected chi connectivity index (χ4v) is 2.54. The molecule has 0 aliphatic carbocycles. The van der Waals surface area contributed by atoms with Gasteiger partial charge >= 0.3 is 0 Å². The molecule has 2 rings (SSSR count). The molecule has 1 heterocycles. The van der Waals surface area contributed by atoms with Gasteiger partial charge in [-0.3, -0.25) is 14.5 Å². The Morgan fingerprint density at radius 2 is 1.91 bits per heavy atom. The van der Waals surface area contributed by atoms with Crippen LogP contribution in [-0.4, -0.2) is 28.4 Å². The van der Waals surface area contributed by atoms with Crippen LogP contribution in [0.2, 0.25) is 0 Å². The van der Waals surface area contributed by atoms with Gasteiger partial charge in [-0.1, -0.05) is 19.9 Å². The molecule has 0 radical (unpaired) electrons. The van der Waals surface area contributed by atoms with Crippen LogP contribution in [0.4, 0.5) is 8.78 Å². The van der Waals surface area contributed by atoms with Crippen LogP contribution in [0.15, 0.2) is 18.2 Å². The van der Waals surface area contributed by atoms with Crippen molar-refractivity contribution in [1.82, 2.24) is 4.90 Å². The lowest BCUT2D eigenvalue weighted by Crippen LogP contribution is -2.39. The van der Waals surface area contributed by atoms with Gasteiger partial charge < -0.3 is 5.11 Å². The van der Waals surface area contributed by atoms with Crippen molar-refractivity contribution in [1.29, 1.82) is 0 Å². The van der Waals surface area contributed by atoms with Gasteiger partial charge in [-0.25, -0.2) is 8.78 Å². The summed E-state index contributed by atoms with van der Waals surface area (Å²) in [6.45, 7) is 5.19. The molecule has 1 N–H and O–H groups in total. The lowest BCUT2D eigenvalue weighted by molar-refractivity contribution is -0.143. The number of hydrogen-bond acceptors (Lipinski definition) is 3. The molecule has 1 aromatic carbocycles. The molecule has 6 heteroatoms. The van der Waals surface area contributed by atoms with Crippen molar-refractivity contribution in [2.75, 3.05) is 6.54 Å². The first kappa shape index (κ1) is 16.5. The normalized spacial score (nSPS) is 23.5. The van der Waals surface area contributed by atoms with Crippen LogP contribution >= 0.6 is 0 Å². The van der Waals surface area contributed by atoms with Crippen LogP contribution < -0.4 is 0 Å². The van der Waals surface area contributed by atoms with Gasteiger partial charge in [0.15, 0.2) is 11.6 Å². The van der Waals surface area contributed by atoms with Crippen LogP contribution in [0.1, 0.15) is 38.9 Å². The van der Waals surface area contributed by atoms with Gasteiger partial charge in [0.05, 0.1) is 18.1 Å². The summed E-state index contributed by atoms with van der Waals surface area (Å²) in [7, 11) is 0. The van der Waals surface area contributed by atoms with Crippen LogP contribution in [-0.2, 0) is 9.59 Å². The number of amides is 2. The van der Waals surface area contributed by atoms with Gasteiger partial charge in [0.2, 0.25) is 11.8 Å². The summed E-state index contributed by atoms with van der Waals surface area (Å²) in [6.07, 6.45) is -1.16. The number of nitrogens with zero attached hydrogens (tertiary/aromatic N) is 1. The highest BCUT2D eigenvalue weighted by atomic mass is 19.2. The molecule has 120 valence electrons. The molecule has 0 unspecified atom stereocenters. The SMILES string of the molecule is CC(C)[C@@]1(C)CC(=O)N(C[C@@H](O)c2ccc(F)c(F)c2)C1=O. The maximum Gasteiger partial charge on any atom is 0.235 e. The van der Waals surface area contributed by atoms with Crippen LogP contribution in [0.5, 0.6) is 0 Å². The number of hydrogen-bond donors (Lipinski definition) is 1. The first-order valence-corrected chi connectivity index (χ1v) is 7.14. The smallest absolute Gasteiger partial charge is 0.235 e. The minimum absolute atomic E-state index is 0.0191. The highest BCUT2D eigenvalue weighted by molar-refractivity contribution is 6.05. The summed E-state index contributed by atoms with van der Waals surface area (Å²) < 4.78 is 26.1. The number of carbonyl (C=O) groups excluding carboxylic acids is 2. The second kappa shape index (κ2) is 5.76. The molecule has 0 spiro atoms. The molecule has 1 fully saturated rings. The predicted octanol–water partition coefficient (Wildman–Crippen LogP) is 2.42. The third-order valence-electron chi connectivity index (χ3n) is 4.51. The fourth-order valence-electron chi connectivity index (χ4n) is 2.54. The number of halogens is 2. The molecule has 1 aliphatic rings. The second-order valence-corrected chi connectivity index (χ2v) is 6.25. The molecule has 2 atom stereocenters. The standard InChI is InChI=1S/C16H19F2NO3/c1-9(2)16(3)7-14(21)19(15(16)22)8-13(20)10-4-5-11(17)12(18)6-10/h4-6,9,13,20H,7-8H2,1-3H3/t13-,16-/m1/s1. The van der Waals surface area contributed by atoms with E-state index < -0.39 is 23.2 Å². The zero-order valence-electron chi connectivity index (χ0n) is 12.8. The molecule has 0 saturated carbocycles. The van der Waals surface area contributed by atoms with E-state index in [1.165, 1.54) is 6.07 Å². The average molecular weight is 311 g/mol. The fraction of sp³-hybridized carbons (Fsp3) is 0.500. The number of aliphatic hydroxyl groups excluding tert-OH is 1. The molecular formula is C16H19F2NO3. The summed E-state index contributed by atoms with van der Waals surface area (Å²) in [6, 6.07) is 3.00. The van der Waals surface area contributed by atoms with E-state index in [-0.39, 0.29) is 36.3 Å². The van der Waals surface area contributed by atoms with Gasteiger partial charge in [0, 0.05) is 6.42 Å². The van der Waals surface area contributed by atoms with Crippen molar-refractivity contribution in [3.05, 3.63) is 35.4 Å². The third-order valence-corrected chi connectivity index (χ3v) is 4.51. The van der Waals surface area contributed by atoms with E-state index in [0.717, 1.165) is 17.0 Å². The average Bonchev–Trinajstić information content (AvgIpc) is 2.66. The maximum atomic E-state index is 13.2. The lowest BCUT2D eigenvalue weighted by Gasteiger charge is -2.26. The minimum Gasteiger partial charge on any atom is -0.387 e. The number of rotatable bonds is 4. The topological polar surface area (TPSA) is 57.6 Å².